The molecule has 0 bridgehead atoms. The van der Waals surface area contributed by atoms with Crippen molar-refractivity contribution in [2.24, 2.45) is 11.1 Å². The molecule has 3 heteroatoms. The molecule has 1 aliphatic carbocycles. The van der Waals surface area contributed by atoms with Crippen LogP contribution in [0.15, 0.2) is 24.5 Å². The molecule has 0 amide bonds. The summed E-state index contributed by atoms with van der Waals surface area (Å²) in [5.74, 6) is 1.06. The Morgan fingerprint density at radius 1 is 1.28 bits per heavy atom. The SMILES string of the molecule is CCC(N)C1(CC)CCC(Oc2c(C)cc3cnccc3c2C)CC1. The highest BCUT2D eigenvalue weighted by molar-refractivity contribution is 5.87. The second-order valence-corrected chi connectivity index (χ2v) is 7.79. The topological polar surface area (TPSA) is 48.1 Å². The Morgan fingerprint density at radius 2 is 2.00 bits per heavy atom. The predicted molar refractivity (Wildman–Crippen MR) is 105 cm³/mol. The van der Waals surface area contributed by atoms with Gasteiger partial charge in [-0.1, -0.05) is 13.8 Å². The first kappa shape index (κ1) is 18.2. The van der Waals surface area contributed by atoms with Gasteiger partial charge in [0.15, 0.2) is 0 Å². The molecule has 1 saturated carbocycles. The molecule has 0 spiro atoms. The molecule has 3 rings (SSSR count). The van der Waals surface area contributed by atoms with Gasteiger partial charge < -0.3 is 10.5 Å². The fourth-order valence-electron chi connectivity index (χ4n) is 4.63. The zero-order valence-electron chi connectivity index (χ0n) is 16.1. The van der Waals surface area contributed by atoms with Gasteiger partial charge in [-0.05, 0) is 86.4 Å². The normalized spacial score (nSPS) is 25.1. The van der Waals surface area contributed by atoms with E-state index in [2.05, 4.69) is 44.8 Å². The fourth-order valence-corrected chi connectivity index (χ4v) is 4.63. The number of hydrogen-bond acceptors (Lipinski definition) is 3. The van der Waals surface area contributed by atoms with E-state index in [1.54, 1.807) is 0 Å². The van der Waals surface area contributed by atoms with Gasteiger partial charge in [-0.2, -0.15) is 0 Å². The van der Waals surface area contributed by atoms with E-state index in [4.69, 9.17) is 10.5 Å². The Balaban J connectivity index is 1.77. The molecule has 0 aliphatic heterocycles. The van der Waals surface area contributed by atoms with Crippen molar-refractivity contribution in [2.45, 2.75) is 78.4 Å². The maximum Gasteiger partial charge on any atom is 0.126 e. The van der Waals surface area contributed by atoms with Crippen molar-refractivity contribution in [3.05, 3.63) is 35.7 Å². The van der Waals surface area contributed by atoms with Gasteiger partial charge in [-0.3, -0.25) is 4.98 Å². The molecule has 1 atom stereocenters. The number of fused-ring (bicyclic) bond motifs is 1. The quantitative estimate of drug-likeness (QED) is 0.802. The van der Waals surface area contributed by atoms with Crippen LogP contribution in [0.2, 0.25) is 0 Å². The monoisotopic (exact) mass is 340 g/mol. The van der Waals surface area contributed by atoms with Crippen LogP contribution in [0.5, 0.6) is 5.75 Å². The van der Waals surface area contributed by atoms with E-state index >= 15 is 0 Å². The average Bonchev–Trinajstić information content (AvgIpc) is 2.65. The lowest BCUT2D eigenvalue weighted by molar-refractivity contribution is 0.0562. The third kappa shape index (κ3) is 3.39. The van der Waals surface area contributed by atoms with E-state index in [1.807, 2.05) is 12.4 Å². The van der Waals surface area contributed by atoms with Crippen molar-refractivity contribution >= 4 is 10.8 Å². The summed E-state index contributed by atoms with van der Waals surface area (Å²) in [5, 5.41) is 2.43. The van der Waals surface area contributed by atoms with Gasteiger partial charge in [-0.25, -0.2) is 0 Å². The number of benzene rings is 1. The van der Waals surface area contributed by atoms with Gasteiger partial charge in [0, 0.05) is 23.8 Å². The van der Waals surface area contributed by atoms with E-state index in [0.29, 0.717) is 17.6 Å². The molecule has 1 aromatic heterocycles. The smallest absolute Gasteiger partial charge is 0.126 e. The van der Waals surface area contributed by atoms with Crippen LogP contribution in [0.4, 0.5) is 0 Å². The largest absolute Gasteiger partial charge is 0.490 e. The summed E-state index contributed by atoms with van der Waals surface area (Å²) in [5.41, 5.74) is 9.20. The summed E-state index contributed by atoms with van der Waals surface area (Å²) in [4.78, 5) is 4.24. The van der Waals surface area contributed by atoms with Crippen LogP contribution in [-0.4, -0.2) is 17.1 Å². The lowest BCUT2D eigenvalue weighted by Crippen LogP contribution is -2.45. The van der Waals surface area contributed by atoms with Crippen LogP contribution >= 0.6 is 0 Å². The Hall–Kier alpha value is -1.61. The summed E-state index contributed by atoms with van der Waals surface area (Å²) >= 11 is 0. The number of ether oxygens (including phenoxy) is 1. The van der Waals surface area contributed by atoms with Gasteiger partial charge in [0.1, 0.15) is 5.75 Å². The van der Waals surface area contributed by atoms with Crippen molar-refractivity contribution in [2.75, 3.05) is 0 Å². The van der Waals surface area contributed by atoms with Gasteiger partial charge in [0.25, 0.3) is 0 Å². The van der Waals surface area contributed by atoms with Crippen LogP contribution in [-0.2, 0) is 0 Å². The van der Waals surface area contributed by atoms with E-state index < -0.39 is 0 Å². The Kier molecular flexibility index (Phi) is 5.33. The molecule has 2 N–H and O–H groups in total. The molecular formula is C22H32N2O. The third-order valence-corrected chi connectivity index (χ3v) is 6.47. The van der Waals surface area contributed by atoms with Gasteiger partial charge in [-0.15, -0.1) is 0 Å². The molecular weight excluding hydrogens is 308 g/mol. The lowest BCUT2D eigenvalue weighted by atomic mass is 9.66. The Bertz CT molecular complexity index is 732. The first-order valence-electron chi connectivity index (χ1n) is 9.77. The molecule has 3 nitrogen and oxygen atoms in total. The predicted octanol–water partition coefficient (Wildman–Crippen LogP) is 5.31. The van der Waals surface area contributed by atoms with E-state index in [-0.39, 0.29) is 0 Å². The van der Waals surface area contributed by atoms with Gasteiger partial charge >= 0.3 is 0 Å². The Morgan fingerprint density at radius 3 is 2.64 bits per heavy atom. The first-order chi connectivity index (χ1) is 12.0. The van der Waals surface area contributed by atoms with Crippen LogP contribution in [0, 0.1) is 19.3 Å². The molecule has 2 aromatic rings. The maximum atomic E-state index is 6.51. The summed E-state index contributed by atoms with van der Waals surface area (Å²) < 4.78 is 6.51. The second-order valence-electron chi connectivity index (χ2n) is 7.79. The molecule has 1 heterocycles. The highest BCUT2D eigenvalue weighted by Gasteiger charge is 2.38. The van der Waals surface area contributed by atoms with Crippen molar-refractivity contribution in [1.29, 1.82) is 0 Å². The lowest BCUT2D eigenvalue weighted by Gasteiger charge is -2.43. The molecule has 0 radical (unpaired) electrons. The van der Waals surface area contributed by atoms with Gasteiger partial charge in [0.05, 0.1) is 6.10 Å². The van der Waals surface area contributed by atoms with E-state index in [9.17, 15) is 0 Å². The maximum absolute atomic E-state index is 6.51. The summed E-state index contributed by atoms with van der Waals surface area (Å²) in [6, 6.07) is 4.59. The Labute approximate surface area is 152 Å². The number of rotatable bonds is 5. The minimum atomic E-state index is 0.306. The minimum Gasteiger partial charge on any atom is -0.490 e. The first-order valence-corrected chi connectivity index (χ1v) is 9.77. The van der Waals surface area contributed by atoms with Crippen LogP contribution in [0.1, 0.15) is 63.5 Å². The molecule has 1 fully saturated rings. The van der Waals surface area contributed by atoms with Crippen LogP contribution in [0.3, 0.4) is 0 Å². The average molecular weight is 341 g/mol. The number of pyridine rings is 1. The number of aryl methyl sites for hydroxylation is 2. The molecule has 1 aromatic carbocycles. The number of aromatic nitrogens is 1. The zero-order valence-corrected chi connectivity index (χ0v) is 16.1. The summed E-state index contributed by atoms with van der Waals surface area (Å²) in [6.07, 6.45) is 10.9. The number of nitrogens with zero attached hydrogens (tertiary/aromatic N) is 1. The zero-order chi connectivity index (χ0) is 18.0. The van der Waals surface area contributed by atoms with Crippen molar-refractivity contribution < 1.29 is 4.74 Å². The third-order valence-electron chi connectivity index (χ3n) is 6.47. The summed E-state index contributed by atoms with van der Waals surface area (Å²) in [7, 11) is 0. The molecule has 25 heavy (non-hydrogen) atoms. The number of nitrogens with two attached hydrogens (primary N) is 1. The molecule has 136 valence electrons. The van der Waals surface area contributed by atoms with Gasteiger partial charge in [0.2, 0.25) is 0 Å². The van der Waals surface area contributed by atoms with Crippen molar-refractivity contribution in [1.82, 2.24) is 4.98 Å². The highest BCUT2D eigenvalue weighted by atomic mass is 16.5. The van der Waals surface area contributed by atoms with Crippen LogP contribution < -0.4 is 10.5 Å². The van der Waals surface area contributed by atoms with Crippen molar-refractivity contribution in [3.63, 3.8) is 0 Å². The second kappa shape index (κ2) is 7.33. The molecule has 1 unspecified atom stereocenters. The fraction of sp³-hybridized carbons (Fsp3) is 0.591. The minimum absolute atomic E-state index is 0.306. The molecule has 1 aliphatic rings. The number of hydrogen-bond donors (Lipinski definition) is 1. The van der Waals surface area contributed by atoms with E-state index in [1.165, 1.54) is 41.2 Å². The summed E-state index contributed by atoms with van der Waals surface area (Å²) in [6.45, 7) is 8.81. The van der Waals surface area contributed by atoms with Crippen molar-refractivity contribution in [3.8, 4) is 5.75 Å². The van der Waals surface area contributed by atoms with Crippen LogP contribution in [0.25, 0.3) is 10.8 Å². The molecule has 0 saturated heterocycles. The highest BCUT2D eigenvalue weighted by Crippen LogP contribution is 2.44. The standard InChI is InChI=1S/C22H32N2O/c1-5-20(23)22(6-2)10-7-18(8-11-22)25-21-15(3)13-17-14-24-12-9-19(17)16(21)4/h9,12-14,18,20H,5-8,10-11,23H2,1-4H3. The van der Waals surface area contributed by atoms with E-state index in [0.717, 1.165) is 25.0 Å².